The van der Waals surface area contributed by atoms with Crippen molar-refractivity contribution in [3.05, 3.63) is 59.7 Å². The molecule has 0 fully saturated rings. The highest BCUT2D eigenvalue weighted by molar-refractivity contribution is 7.98. The van der Waals surface area contributed by atoms with Gasteiger partial charge in [-0.3, -0.25) is 4.79 Å². The summed E-state index contributed by atoms with van der Waals surface area (Å²) in [4.78, 5) is 12.3. The molecule has 2 aromatic rings. The van der Waals surface area contributed by atoms with Crippen LogP contribution in [0.3, 0.4) is 0 Å². The minimum atomic E-state index is -0.496. The summed E-state index contributed by atoms with van der Waals surface area (Å²) in [7, 11) is 1.61. The van der Waals surface area contributed by atoms with Gasteiger partial charge in [-0.25, -0.2) is 0 Å². The van der Waals surface area contributed by atoms with Gasteiger partial charge in [0.15, 0.2) is 6.10 Å². The van der Waals surface area contributed by atoms with Gasteiger partial charge in [0.05, 0.1) is 7.11 Å². The van der Waals surface area contributed by atoms with E-state index in [1.165, 1.54) is 11.1 Å². The molecule has 2 rings (SSSR count). The van der Waals surface area contributed by atoms with Crippen LogP contribution in [-0.4, -0.2) is 31.4 Å². The van der Waals surface area contributed by atoms with Crippen molar-refractivity contribution in [3.8, 4) is 11.5 Å². The van der Waals surface area contributed by atoms with E-state index in [1.54, 1.807) is 13.2 Å². The van der Waals surface area contributed by atoms with Crippen molar-refractivity contribution in [3.63, 3.8) is 0 Å². The lowest BCUT2D eigenvalue weighted by molar-refractivity contribution is -0.127. The van der Waals surface area contributed by atoms with Crippen molar-refractivity contribution in [2.45, 2.75) is 32.1 Å². The van der Waals surface area contributed by atoms with Gasteiger partial charge in [-0.05, 0) is 31.0 Å². The summed E-state index contributed by atoms with van der Waals surface area (Å²) in [5.41, 5.74) is 2.58. The van der Waals surface area contributed by atoms with Gasteiger partial charge < -0.3 is 14.8 Å². The molecule has 0 aliphatic carbocycles. The number of amides is 1. The molecule has 0 bridgehead atoms. The largest absolute Gasteiger partial charge is 0.497 e. The number of thioether (sulfide) groups is 1. The maximum atomic E-state index is 12.3. The van der Waals surface area contributed by atoms with E-state index >= 15 is 0 Å². The molecule has 26 heavy (non-hydrogen) atoms. The summed E-state index contributed by atoms with van der Waals surface area (Å²) < 4.78 is 11.0. The molecular weight excluding hydrogens is 346 g/mol. The quantitative estimate of drug-likeness (QED) is 0.634. The van der Waals surface area contributed by atoms with Crippen molar-refractivity contribution >= 4 is 17.7 Å². The third kappa shape index (κ3) is 6.64. The SMILES string of the molecule is CCC(Oc1cccc(OC)c1)C(=O)NCCSCc1ccc(C)cc1. The van der Waals surface area contributed by atoms with Crippen molar-refractivity contribution in [1.29, 1.82) is 0 Å². The molecule has 0 spiro atoms. The van der Waals surface area contributed by atoms with Crippen LogP contribution in [0.1, 0.15) is 24.5 Å². The number of benzene rings is 2. The predicted octanol–water partition coefficient (Wildman–Crippen LogP) is 4.21. The Kier molecular flexibility index (Phi) is 8.35. The van der Waals surface area contributed by atoms with Crippen LogP contribution in [0.15, 0.2) is 48.5 Å². The van der Waals surface area contributed by atoms with E-state index in [2.05, 4.69) is 36.5 Å². The van der Waals surface area contributed by atoms with E-state index in [9.17, 15) is 4.79 Å². The molecular formula is C21H27NO3S. The number of hydrogen-bond acceptors (Lipinski definition) is 4. The van der Waals surface area contributed by atoms with Crippen molar-refractivity contribution in [1.82, 2.24) is 5.32 Å². The molecule has 0 aliphatic heterocycles. The summed E-state index contributed by atoms with van der Waals surface area (Å²) in [6, 6.07) is 15.9. The molecule has 5 heteroatoms. The van der Waals surface area contributed by atoms with Crippen LogP contribution in [0.25, 0.3) is 0 Å². The summed E-state index contributed by atoms with van der Waals surface area (Å²) in [5, 5.41) is 2.96. The van der Waals surface area contributed by atoms with E-state index in [0.29, 0.717) is 24.5 Å². The third-order valence-electron chi connectivity index (χ3n) is 3.92. The topological polar surface area (TPSA) is 47.6 Å². The van der Waals surface area contributed by atoms with E-state index in [-0.39, 0.29) is 5.91 Å². The van der Waals surface area contributed by atoms with Crippen LogP contribution >= 0.6 is 11.8 Å². The fourth-order valence-corrected chi connectivity index (χ4v) is 3.21. The number of methoxy groups -OCH3 is 1. The molecule has 1 unspecified atom stereocenters. The van der Waals surface area contributed by atoms with Crippen molar-refractivity contribution in [2.75, 3.05) is 19.4 Å². The van der Waals surface area contributed by atoms with Crippen LogP contribution in [0.5, 0.6) is 11.5 Å². The molecule has 0 saturated heterocycles. The van der Waals surface area contributed by atoms with Crippen LogP contribution in [0.2, 0.25) is 0 Å². The minimum Gasteiger partial charge on any atom is -0.497 e. The van der Waals surface area contributed by atoms with Gasteiger partial charge >= 0.3 is 0 Å². The molecule has 1 N–H and O–H groups in total. The molecule has 140 valence electrons. The lowest BCUT2D eigenvalue weighted by atomic mass is 10.2. The lowest BCUT2D eigenvalue weighted by Gasteiger charge is -2.17. The fourth-order valence-electron chi connectivity index (χ4n) is 2.40. The zero-order valence-electron chi connectivity index (χ0n) is 15.7. The summed E-state index contributed by atoms with van der Waals surface area (Å²) >= 11 is 1.81. The van der Waals surface area contributed by atoms with Crippen molar-refractivity contribution in [2.24, 2.45) is 0 Å². The Bertz CT molecular complexity index is 688. The Hall–Kier alpha value is -2.14. The molecule has 0 radical (unpaired) electrons. The molecule has 2 aromatic carbocycles. The molecule has 4 nitrogen and oxygen atoms in total. The number of rotatable bonds is 10. The number of hydrogen-bond donors (Lipinski definition) is 1. The maximum absolute atomic E-state index is 12.3. The van der Waals surface area contributed by atoms with E-state index in [4.69, 9.17) is 9.47 Å². The number of carbonyl (C=O) groups is 1. The monoisotopic (exact) mass is 373 g/mol. The first kappa shape index (κ1) is 20.2. The highest BCUT2D eigenvalue weighted by atomic mass is 32.2. The van der Waals surface area contributed by atoms with E-state index < -0.39 is 6.10 Å². The number of carbonyl (C=O) groups excluding carboxylic acids is 1. The Morgan fingerprint density at radius 2 is 1.88 bits per heavy atom. The number of nitrogens with one attached hydrogen (secondary N) is 1. The van der Waals surface area contributed by atoms with E-state index in [0.717, 1.165) is 11.5 Å². The second kappa shape index (κ2) is 10.8. The summed E-state index contributed by atoms with van der Waals surface area (Å²) in [6.45, 7) is 4.66. The number of ether oxygens (including phenoxy) is 2. The standard InChI is InChI=1S/C21H27NO3S/c1-4-20(25-19-7-5-6-18(14-19)24-3)21(23)22-12-13-26-15-17-10-8-16(2)9-11-17/h5-11,14,20H,4,12-13,15H2,1-3H3,(H,22,23). The zero-order valence-corrected chi connectivity index (χ0v) is 16.5. The smallest absolute Gasteiger partial charge is 0.261 e. The van der Waals surface area contributed by atoms with Gasteiger partial charge in [0, 0.05) is 24.1 Å². The van der Waals surface area contributed by atoms with Gasteiger partial charge in [-0.2, -0.15) is 11.8 Å². The molecule has 1 atom stereocenters. The van der Waals surface area contributed by atoms with Gasteiger partial charge in [-0.1, -0.05) is 42.8 Å². The Balaban J connectivity index is 1.71. The molecule has 0 saturated carbocycles. The second-order valence-corrected chi connectivity index (χ2v) is 7.13. The van der Waals surface area contributed by atoms with E-state index in [1.807, 2.05) is 36.9 Å². The fraction of sp³-hybridized carbons (Fsp3) is 0.381. The minimum absolute atomic E-state index is 0.0775. The molecule has 1 amide bonds. The van der Waals surface area contributed by atoms with Crippen LogP contribution < -0.4 is 14.8 Å². The average Bonchev–Trinajstić information content (AvgIpc) is 2.67. The number of aryl methyl sites for hydroxylation is 1. The van der Waals surface area contributed by atoms with Crippen LogP contribution in [-0.2, 0) is 10.5 Å². The highest BCUT2D eigenvalue weighted by Crippen LogP contribution is 2.20. The molecule has 0 heterocycles. The lowest BCUT2D eigenvalue weighted by Crippen LogP contribution is -2.39. The first-order chi connectivity index (χ1) is 12.6. The second-order valence-electron chi connectivity index (χ2n) is 6.02. The molecule has 0 aromatic heterocycles. The van der Waals surface area contributed by atoms with Crippen LogP contribution in [0.4, 0.5) is 0 Å². The third-order valence-corrected chi connectivity index (χ3v) is 4.95. The summed E-state index contributed by atoms with van der Waals surface area (Å²) in [6.07, 6.45) is 0.115. The van der Waals surface area contributed by atoms with Gasteiger partial charge in [-0.15, -0.1) is 0 Å². The highest BCUT2D eigenvalue weighted by Gasteiger charge is 2.18. The van der Waals surface area contributed by atoms with Crippen LogP contribution in [0, 0.1) is 6.92 Å². The predicted molar refractivity (Wildman–Crippen MR) is 108 cm³/mol. The first-order valence-electron chi connectivity index (χ1n) is 8.84. The summed E-state index contributed by atoms with van der Waals surface area (Å²) in [5.74, 6) is 3.10. The Morgan fingerprint density at radius 3 is 2.58 bits per heavy atom. The normalized spacial score (nSPS) is 11.7. The Labute approximate surface area is 160 Å². The first-order valence-corrected chi connectivity index (χ1v) is 9.99. The zero-order chi connectivity index (χ0) is 18.8. The van der Waals surface area contributed by atoms with Gasteiger partial charge in [0.2, 0.25) is 0 Å². The van der Waals surface area contributed by atoms with Crippen molar-refractivity contribution < 1.29 is 14.3 Å². The average molecular weight is 374 g/mol. The maximum Gasteiger partial charge on any atom is 0.261 e. The Morgan fingerprint density at radius 1 is 1.15 bits per heavy atom. The molecule has 0 aliphatic rings. The van der Waals surface area contributed by atoms with Gasteiger partial charge in [0.1, 0.15) is 11.5 Å². The van der Waals surface area contributed by atoms with Gasteiger partial charge in [0.25, 0.3) is 5.91 Å².